The molecule has 0 saturated heterocycles. The summed E-state index contributed by atoms with van der Waals surface area (Å²) >= 11 is 0. The maximum absolute atomic E-state index is 6.60. The molecular formula is C22H61NY93-12. The smallest absolute Gasteiger partial charge is 0 e. The first kappa shape index (κ1) is 831. The molecule has 0 atom stereocenters. The second kappa shape index (κ2) is 866. The molecule has 1 N–H and O–H groups in total. The standard InChI is InChI=1S/C4H7N.5C2H6.8CH3.93Y/c1-4(2,3)5;5*1-2;;;;;;;;;;;;;;;;;;;;;;;;;;;;;;;;;;;;;;;;;;;;;;;;;;;;;;;;;;;;;;;;;;;;;;;;;;;;;;;;;;;;;;;;;;;;;;;;;;;;;/h5H,1-3H2;5*1-2H3;8*1H3;;;;;;;;;;;;;;;;;;;;;;;;;;;;;;;;;;;;;;;;;;;;;;;;;;;;;;;;;;;;;;;;;;;;;;;;;;;;;;;;;;;;;;;;;;;;;/q-4;;;;;;8*-1;;;;;;;;;;;;;;;;;;;;;;;;;;;;;;;;;;;;;;;;;;;;;;;;;;;;;;;;;;;;;;;;;;;;;;;;;;;;;;;;;;;;;;;;;;;;;. The van der Waals surface area contributed by atoms with Crippen molar-refractivity contribution < 1.29 is 3040 Å². The molecule has 0 aromatic carbocycles. The Morgan fingerprint density at radius 3 is 0.0862 bits per heavy atom. The van der Waals surface area contributed by atoms with Gasteiger partial charge in [0.2, 0.25) is 0 Å². The molecule has 94 heteroatoms. The van der Waals surface area contributed by atoms with E-state index in [0.29, 0.717) is 0 Å². The van der Waals surface area contributed by atoms with Crippen LogP contribution in [-0.4, -0.2) is 5.54 Å². The van der Waals surface area contributed by atoms with Crippen molar-refractivity contribution in [2.24, 2.45) is 0 Å². The Bertz CT molecular complexity index is 105. The molecule has 93 radical (unpaired) electrons. The van der Waals surface area contributed by atoms with E-state index in [9.17, 15) is 0 Å². The van der Waals surface area contributed by atoms with E-state index in [-0.39, 0.29) is 3100 Å². The first-order valence-corrected chi connectivity index (χ1v) is 6.31. The van der Waals surface area contributed by atoms with Gasteiger partial charge in [-0.05, 0) is 0 Å². The van der Waals surface area contributed by atoms with Crippen LogP contribution in [-0.2, 0) is 3040 Å². The minimum absolute atomic E-state index is 0. The zero-order valence-corrected chi connectivity index (χ0v) is 339. The molecule has 0 fully saturated rings. The van der Waals surface area contributed by atoms with E-state index >= 15 is 0 Å². The van der Waals surface area contributed by atoms with Gasteiger partial charge >= 0.3 is 0 Å². The molecule has 0 bridgehead atoms. The Morgan fingerprint density at radius 2 is 0.0862 bits per heavy atom. The summed E-state index contributed by atoms with van der Waals surface area (Å²) in [7, 11) is 0. The summed E-state index contributed by atoms with van der Waals surface area (Å²) in [6.07, 6.45) is 0. The molecule has 1 nitrogen and oxygen atoms in total. The maximum atomic E-state index is 6.60. The van der Waals surface area contributed by atoms with E-state index in [1.54, 1.807) is 0 Å². The van der Waals surface area contributed by atoms with Crippen LogP contribution < -0.4 is 0 Å². The Kier molecular flexibility index (Phi) is 6200. The minimum atomic E-state index is -1.00. The summed E-state index contributed by atoms with van der Waals surface area (Å²) in [6, 6.07) is 0. The van der Waals surface area contributed by atoms with Gasteiger partial charge in [0.1, 0.15) is 0 Å². The number of hydrogen-bond donors (Lipinski definition) is 0. The normalized spacial score (nSPS) is 0.776. The van der Waals surface area contributed by atoms with Gasteiger partial charge in [-0.25, -0.2) is 0 Å². The van der Waals surface area contributed by atoms with Crippen molar-refractivity contribution in [3.8, 4) is 0 Å². The van der Waals surface area contributed by atoms with Gasteiger partial charge in [0, 0.05) is 3040 Å². The van der Waals surface area contributed by atoms with Crippen LogP contribution in [0.15, 0.2) is 0 Å². The van der Waals surface area contributed by atoms with Gasteiger partial charge in [0.05, 0.1) is 0 Å². The Hall–Kier alpha value is 103. The third-order valence-corrected chi connectivity index (χ3v) is 0. The fraction of sp³-hybridized carbons (Fsp3) is 0.500. The van der Waals surface area contributed by atoms with Gasteiger partial charge in [-0.1, -0.05) is 69.2 Å². The van der Waals surface area contributed by atoms with Crippen molar-refractivity contribution in [3.63, 3.8) is 0 Å². The van der Waals surface area contributed by atoms with Crippen molar-refractivity contribution in [1.82, 2.24) is 0 Å². The van der Waals surface area contributed by atoms with Crippen LogP contribution in [0.2, 0.25) is 0 Å². The van der Waals surface area contributed by atoms with Gasteiger partial charge < -0.3 is 91.5 Å². The SMILES string of the molecule is CC.CC.CC.CC.CC.[CH2-]C([CH2-])([CH2-])[NH-].[CH3-].[CH3-].[CH3-].[CH3-].[CH3-].[CH3-].[CH3-].[CH3-].[Y].[Y].[Y].[Y].[Y].[Y].[Y].[Y].[Y].[Y].[Y].[Y].[Y].[Y].[Y].[Y].[Y].[Y].[Y].[Y].[Y].[Y].[Y].[Y].[Y].[Y].[Y].[Y].[Y].[Y].[Y].[Y].[Y].[Y].[Y].[Y].[Y].[Y].[Y].[Y].[Y].[Y].[Y].[Y].[Y].[Y].[Y].[Y].[Y].[Y].[Y].[Y].[Y].[Y].[Y].[Y].[Y].[Y].[Y].[Y].[Y].[Y].[Y].[Y].[Y].[Y].[Y].[Y].[Y].[Y].[Y].[Y].[Y].[Y].[Y].[Y].[Y].[Y].[Y].[Y].[Y].[Y].[Y].[Y].[Y].[Y].[Y].[Y].[Y].[Y].[Y].[Y].[Y]. The quantitative estimate of drug-likeness (QED) is 0.216. The van der Waals surface area contributed by atoms with Crippen molar-refractivity contribution in [3.05, 3.63) is 85.9 Å². The average molecular weight is 8610 g/mol. The second-order valence-electron chi connectivity index (χ2n) is 1.28. The third kappa shape index (κ3) is 956. The zero-order valence-electron chi connectivity index (χ0n) is 74.8. The molecule has 0 aromatic rings. The summed E-state index contributed by atoms with van der Waals surface area (Å²) in [6.45, 7) is 29.6. The van der Waals surface area contributed by atoms with Crippen molar-refractivity contribution in [2.45, 2.75) is 74.8 Å². The minimum Gasteiger partial charge on any atom is -0.752 e. The van der Waals surface area contributed by atoms with Crippen LogP contribution in [0.5, 0.6) is 0 Å². The predicted molar refractivity (Wildman–Crippen MR) is 131 cm³/mol. The number of hydrogen-bond acceptors (Lipinski definition) is 0. The van der Waals surface area contributed by atoms with Gasteiger partial charge in [-0.2, -0.15) is 0 Å². The van der Waals surface area contributed by atoms with Crippen LogP contribution in [0.25, 0.3) is 5.73 Å². The van der Waals surface area contributed by atoms with Gasteiger partial charge in [-0.3, -0.25) is 0 Å². The predicted octanol–water partition coefficient (Wildman–Crippen LogP) is 9.78. The Labute approximate surface area is 3080 Å². The number of nitrogens with one attached hydrogen (secondary N) is 1. The first-order valence-electron chi connectivity index (χ1n) is 6.31. The van der Waals surface area contributed by atoms with Crippen LogP contribution in [0.3, 0.4) is 0 Å². The van der Waals surface area contributed by atoms with Crippen molar-refractivity contribution in [1.29, 1.82) is 0 Å². The molecular weight excluding hydrogens is 8550 g/mol. The summed E-state index contributed by atoms with van der Waals surface area (Å²) < 4.78 is 0. The van der Waals surface area contributed by atoms with E-state index in [4.69, 9.17) is 5.73 Å². The molecule has 0 rings (SSSR count). The fourth-order valence-electron chi connectivity index (χ4n) is 0. The summed E-state index contributed by atoms with van der Waals surface area (Å²) in [5.74, 6) is 0. The van der Waals surface area contributed by atoms with E-state index in [1.807, 2.05) is 69.2 Å². The molecule has 0 unspecified atom stereocenters. The van der Waals surface area contributed by atoms with Gasteiger partial charge in [-0.15, -0.1) is 0 Å². The Morgan fingerprint density at radius 1 is 0.0862 bits per heavy atom. The molecule has 0 aliphatic rings. The molecule has 0 aliphatic heterocycles. The molecule has 0 aliphatic carbocycles. The average Bonchev–Trinajstić information content (AvgIpc) is 2.29. The summed E-state index contributed by atoms with van der Waals surface area (Å²) in [4.78, 5) is 0. The zero-order chi connectivity index (χ0) is 14.5. The van der Waals surface area contributed by atoms with E-state index in [0.717, 1.165) is 0 Å². The molecule has 0 saturated carbocycles. The van der Waals surface area contributed by atoms with Crippen LogP contribution in [0, 0.1) is 80.2 Å². The topological polar surface area (TPSA) is 23.8 Å². The van der Waals surface area contributed by atoms with Crippen LogP contribution >= 0.6 is 0 Å². The molecule has 0 heterocycles. The molecule has 0 aromatic heterocycles. The summed E-state index contributed by atoms with van der Waals surface area (Å²) in [5, 5.41) is 0. The molecule has 116 heavy (non-hydrogen) atoms. The Balaban J connectivity index is -0.0000000000685. The van der Waals surface area contributed by atoms with Crippen molar-refractivity contribution >= 4 is 0 Å². The van der Waals surface area contributed by atoms with Gasteiger partial charge in [0.15, 0.2) is 0 Å². The first-order chi connectivity index (χ1) is 7.00. The molecule has 445 valence electrons. The largest absolute Gasteiger partial charge is 0.752 e. The van der Waals surface area contributed by atoms with E-state index < -0.39 is 5.54 Å². The summed E-state index contributed by atoms with van der Waals surface area (Å²) in [5.41, 5.74) is 5.60. The van der Waals surface area contributed by atoms with Crippen LogP contribution in [0.4, 0.5) is 0 Å². The van der Waals surface area contributed by atoms with Crippen LogP contribution in [0.1, 0.15) is 69.2 Å². The monoisotopic (exact) mass is 8610 g/mol. The third-order valence-electron chi connectivity index (χ3n) is 0. The second-order valence-corrected chi connectivity index (χ2v) is 1.28. The molecule has 0 amide bonds. The molecule has 0 spiro atoms. The maximum Gasteiger partial charge on any atom is 0 e. The van der Waals surface area contributed by atoms with Gasteiger partial charge in [0.25, 0.3) is 0 Å². The van der Waals surface area contributed by atoms with E-state index in [2.05, 4.69) is 20.8 Å². The number of rotatable bonds is 0. The van der Waals surface area contributed by atoms with E-state index in [1.165, 1.54) is 0 Å². The van der Waals surface area contributed by atoms with Crippen molar-refractivity contribution in [2.75, 3.05) is 0 Å². The fourth-order valence-corrected chi connectivity index (χ4v) is 0.